The van der Waals surface area contributed by atoms with Gasteiger partial charge in [-0.15, -0.1) is 0 Å². The average Bonchev–Trinajstić information content (AvgIpc) is 3.45. The molecule has 0 unspecified atom stereocenters. The molecule has 0 aliphatic carbocycles. The number of benzene rings is 3. The third kappa shape index (κ3) is 4.15. The second-order valence-corrected chi connectivity index (χ2v) is 9.12. The first-order valence-electron chi connectivity index (χ1n) is 11.1. The van der Waals surface area contributed by atoms with E-state index in [0.717, 1.165) is 11.3 Å². The number of halogens is 1. The van der Waals surface area contributed by atoms with E-state index in [1.807, 2.05) is 0 Å². The van der Waals surface area contributed by atoms with Crippen molar-refractivity contribution < 1.29 is 33.3 Å². The minimum Gasteiger partial charge on any atom is -0.507 e. The number of carbonyl (C=O) groups excluding carboxylic acids is 2. The van der Waals surface area contributed by atoms with Crippen LogP contribution >= 0.6 is 11.3 Å². The molecule has 2 heterocycles. The van der Waals surface area contributed by atoms with Gasteiger partial charge in [-0.3, -0.25) is 14.5 Å². The van der Waals surface area contributed by atoms with Crippen LogP contribution in [0.1, 0.15) is 17.2 Å². The number of carbonyl (C=O) groups is 2. The molecular formula is C27H21FN2O6S. The minimum atomic E-state index is -1.10. The van der Waals surface area contributed by atoms with Gasteiger partial charge in [0, 0.05) is 11.1 Å². The van der Waals surface area contributed by atoms with Crippen molar-refractivity contribution in [2.24, 2.45) is 0 Å². The van der Waals surface area contributed by atoms with Gasteiger partial charge >= 0.3 is 5.91 Å². The fourth-order valence-electron chi connectivity index (χ4n) is 4.27. The van der Waals surface area contributed by atoms with E-state index in [4.69, 9.17) is 14.2 Å². The molecule has 8 nitrogen and oxygen atoms in total. The minimum absolute atomic E-state index is 0.146. The summed E-state index contributed by atoms with van der Waals surface area (Å²) in [7, 11) is 4.46. The highest BCUT2D eigenvalue weighted by Gasteiger charge is 2.49. The molecule has 3 aromatic carbocycles. The Morgan fingerprint density at radius 3 is 2.32 bits per heavy atom. The summed E-state index contributed by atoms with van der Waals surface area (Å²) in [5.74, 6) is -1.22. The summed E-state index contributed by atoms with van der Waals surface area (Å²) in [6.45, 7) is 0. The summed E-state index contributed by atoms with van der Waals surface area (Å²) in [5, 5.41) is 11.5. The van der Waals surface area contributed by atoms with Gasteiger partial charge in [-0.05, 0) is 60.7 Å². The predicted octanol–water partition coefficient (Wildman–Crippen LogP) is 5.09. The number of hydrogen-bond donors (Lipinski definition) is 1. The van der Waals surface area contributed by atoms with Gasteiger partial charge in [0.15, 0.2) is 5.13 Å². The summed E-state index contributed by atoms with van der Waals surface area (Å²) < 4.78 is 30.5. The molecule has 0 saturated carbocycles. The highest BCUT2D eigenvalue weighted by molar-refractivity contribution is 7.22. The van der Waals surface area contributed by atoms with Crippen LogP contribution in [-0.4, -0.2) is 43.1 Å². The Labute approximate surface area is 215 Å². The number of aliphatic hydroxyl groups excluding tert-OH is 1. The van der Waals surface area contributed by atoms with Gasteiger partial charge in [-0.25, -0.2) is 9.37 Å². The Kier molecular flexibility index (Phi) is 6.26. The number of rotatable bonds is 6. The van der Waals surface area contributed by atoms with E-state index in [1.165, 1.54) is 44.4 Å². The van der Waals surface area contributed by atoms with Gasteiger partial charge in [-0.1, -0.05) is 11.3 Å². The molecule has 0 spiro atoms. The number of anilines is 1. The molecule has 1 aliphatic rings. The number of fused-ring (bicyclic) bond motifs is 1. The van der Waals surface area contributed by atoms with Crippen LogP contribution in [0.4, 0.5) is 9.52 Å². The number of methoxy groups -OCH3 is 3. The third-order valence-corrected chi connectivity index (χ3v) is 7.10. The Balaban J connectivity index is 1.77. The van der Waals surface area contributed by atoms with E-state index in [-0.39, 0.29) is 16.5 Å². The number of amides is 1. The molecule has 5 rings (SSSR count). The predicted molar refractivity (Wildman–Crippen MR) is 137 cm³/mol. The zero-order valence-electron chi connectivity index (χ0n) is 20.0. The molecule has 1 fully saturated rings. The van der Waals surface area contributed by atoms with Gasteiger partial charge < -0.3 is 19.3 Å². The molecule has 1 saturated heterocycles. The van der Waals surface area contributed by atoms with Crippen molar-refractivity contribution in [1.82, 2.24) is 4.98 Å². The van der Waals surface area contributed by atoms with Gasteiger partial charge in [0.2, 0.25) is 0 Å². The third-order valence-electron chi connectivity index (χ3n) is 6.08. The van der Waals surface area contributed by atoms with Gasteiger partial charge in [0.1, 0.15) is 34.9 Å². The second-order valence-electron chi connectivity index (χ2n) is 8.11. The molecule has 1 atom stereocenters. The maximum Gasteiger partial charge on any atom is 0.301 e. The SMILES string of the molecule is COc1ccc(C(O)=C2C(=O)C(=O)N(c3nc4ccc(F)cc4s3)[C@@H]2c2cc(OC)ccc2OC)cc1. The summed E-state index contributed by atoms with van der Waals surface area (Å²) in [6, 6.07) is 14.4. The number of aromatic nitrogens is 1. The van der Waals surface area contributed by atoms with Crippen LogP contribution in [0, 0.1) is 5.82 Å². The number of thiazole rings is 1. The average molecular weight is 521 g/mol. The normalized spacial score (nSPS) is 16.9. The molecule has 0 bridgehead atoms. The van der Waals surface area contributed by atoms with E-state index in [1.54, 1.807) is 42.5 Å². The van der Waals surface area contributed by atoms with E-state index >= 15 is 0 Å². The van der Waals surface area contributed by atoms with Crippen LogP contribution in [0.5, 0.6) is 17.2 Å². The Morgan fingerprint density at radius 2 is 1.65 bits per heavy atom. The summed E-state index contributed by atoms with van der Waals surface area (Å²) in [5.41, 5.74) is 1.04. The van der Waals surface area contributed by atoms with Crippen molar-refractivity contribution in [1.29, 1.82) is 0 Å². The lowest BCUT2D eigenvalue weighted by atomic mass is 9.94. The van der Waals surface area contributed by atoms with Crippen molar-refractivity contribution in [2.45, 2.75) is 6.04 Å². The highest BCUT2D eigenvalue weighted by atomic mass is 32.1. The molecule has 188 valence electrons. The van der Waals surface area contributed by atoms with Gasteiger partial charge in [-0.2, -0.15) is 0 Å². The van der Waals surface area contributed by atoms with Crippen LogP contribution in [-0.2, 0) is 9.59 Å². The first-order chi connectivity index (χ1) is 17.9. The summed E-state index contributed by atoms with van der Waals surface area (Å²) in [6.07, 6.45) is 0. The number of Topliss-reactive ketones (excluding diaryl/α,β-unsaturated/α-hetero) is 1. The van der Waals surface area contributed by atoms with Crippen molar-refractivity contribution in [3.8, 4) is 17.2 Å². The van der Waals surface area contributed by atoms with Crippen LogP contribution < -0.4 is 19.1 Å². The monoisotopic (exact) mass is 520 g/mol. The van der Waals surface area contributed by atoms with Crippen LogP contribution in [0.2, 0.25) is 0 Å². The lowest BCUT2D eigenvalue weighted by Gasteiger charge is -2.25. The zero-order valence-corrected chi connectivity index (χ0v) is 20.8. The number of nitrogens with zero attached hydrogens (tertiary/aromatic N) is 2. The maximum absolute atomic E-state index is 13.9. The fourth-order valence-corrected chi connectivity index (χ4v) is 5.29. The second kappa shape index (κ2) is 9.55. The molecule has 1 N–H and O–H groups in total. The van der Waals surface area contributed by atoms with Crippen LogP contribution in [0.3, 0.4) is 0 Å². The molecule has 0 radical (unpaired) electrons. The molecule has 1 aliphatic heterocycles. The Morgan fingerprint density at radius 1 is 0.946 bits per heavy atom. The molecule has 10 heteroatoms. The quantitative estimate of drug-likeness (QED) is 0.215. The van der Waals surface area contributed by atoms with Crippen molar-refractivity contribution in [3.63, 3.8) is 0 Å². The van der Waals surface area contributed by atoms with E-state index in [2.05, 4.69) is 4.98 Å². The number of hydrogen-bond acceptors (Lipinski definition) is 8. The topological polar surface area (TPSA) is 98.2 Å². The maximum atomic E-state index is 13.9. The molecule has 4 aromatic rings. The standard InChI is InChI=1S/C27H21FN2O6S/c1-34-16-7-4-14(5-8-16)24(31)22-23(18-13-17(35-2)9-11-20(18)36-3)30(26(33)25(22)32)27-29-19-10-6-15(28)12-21(19)37-27/h4-13,23,31H,1-3H3/t23-/m1/s1. The molecular weight excluding hydrogens is 499 g/mol. The molecule has 1 amide bonds. The number of ether oxygens (including phenoxy) is 3. The fraction of sp³-hybridized carbons (Fsp3) is 0.148. The lowest BCUT2D eigenvalue weighted by Crippen LogP contribution is -2.29. The van der Waals surface area contributed by atoms with Crippen molar-refractivity contribution >= 4 is 44.1 Å². The Bertz CT molecular complexity index is 1560. The van der Waals surface area contributed by atoms with Crippen LogP contribution in [0.15, 0.2) is 66.2 Å². The van der Waals surface area contributed by atoms with E-state index in [0.29, 0.717) is 38.6 Å². The zero-order chi connectivity index (χ0) is 26.3. The first kappa shape index (κ1) is 24.3. The van der Waals surface area contributed by atoms with Crippen LogP contribution in [0.25, 0.3) is 16.0 Å². The van der Waals surface area contributed by atoms with Gasteiger partial charge in [0.05, 0.1) is 37.1 Å². The molecule has 37 heavy (non-hydrogen) atoms. The smallest absolute Gasteiger partial charge is 0.301 e. The number of ketones is 1. The lowest BCUT2D eigenvalue weighted by molar-refractivity contribution is -0.132. The van der Waals surface area contributed by atoms with Crippen molar-refractivity contribution in [3.05, 3.63) is 83.2 Å². The van der Waals surface area contributed by atoms with Gasteiger partial charge in [0.25, 0.3) is 5.78 Å². The molecule has 1 aromatic heterocycles. The number of aliphatic hydroxyl groups is 1. The Hall–Kier alpha value is -4.44. The van der Waals surface area contributed by atoms with E-state index < -0.39 is 23.5 Å². The first-order valence-corrected chi connectivity index (χ1v) is 11.9. The summed E-state index contributed by atoms with van der Waals surface area (Å²) >= 11 is 1.06. The van der Waals surface area contributed by atoms with Crippen molar-refractivity contribution in [2.75, 3.05) is 26.2 Å². The summed E-state index contributed by atoms with van der Waals surface area (Å²) in [4.78, 5) is 32.6. The highest BCUT2D eigenvalue weighted by Crippen LogP contribution is 2.47. The van der Waals surface area contributed by atoms with E-state index in [9.17, 15) is 19.1 Å². The largest absolute Gasteiger partial charge is 0.507 e.